The van der Waals surface area contributed by atoms with Gasteiger partial charge in [-0.2, -0.15) is 0 Å². The van der Waals surface area contributed by atoms with E-state index < -0.39 is 26.5 Å². The molecule has 0 aliphatic carbocycles. The Morgan fingerprint density at radius 2 is 0.891 bits per heavy atom. The third-order valence-electron chi connectivity index (χ3n) is 11.4. The molecule has 0 fully saturated rings. The lowest BCUT2D eigenvalue weighted by molar-refractivity contribution is -0.870. The van der Waals surface area contributed by atoms with E-state index in [0.717, 1.165) is 64.2 Å². The Balaban J connectivity index is 3.99. The summed E-state index contributed by atoms with van der Waals surface area (Å²) in [5.74, 6) is -0.829. The number of allylic oxidation sites excluding steroid dienone is 8. The summed E-state index contributed by atoms with van der Waals surface area (Å²) in [6.45, 7) is 4.11. The smallest absolute Gasteiger partial charge is 0.306 e. The van der Waals surface area contributed by atoms with E-state index in [9.17, 15) is 19.0 Å². The molecule has 2 atom stereocenters. The second-order valence-electron chi connectivity index (χ2n) is 18.9. The molecule has 0 aromatic carbocycles. The Morgan fingerprint density at radius 1 is 0.500 bits per heavy atom. The van der Waals surface area contributed by atoms with Crippen molar-refractivity contribution in [3.8, 4) is 0 Å². The number of unbranched alkanes of at least 4 members (excludes halogenated alkanes) is 26. The van der Waals surface area contributed by atoms with Gasteiger partial charge in [-0.15, -0.1) is 0 Å². The maximum absolute atomic E-state index is 12.7. The molecule has 0 aromatic heterocycles. The third kappa shape index (κ3) is 49.4. The van der Waals surface area contributed by atoms with Gasteiger partial charge in [-0.05, 0) is 51.4 Å². The predicted octanol–water partition coefficient (Wildman–Crippen LogP) is 15.2. The Labute approximate surface area is 394 Å². The number of phosphoric ester groups is 1. The van der Waals surface area contributed by atoms with Gasteiger partial charge in [0.2, 0.25) is 0 Å². The second-order valence-corrected chi connectivity index (χ2v) is 20.3. The van der Waals surface area contributed by atoms with Crippen LogP contribution in [-0.4, -0.2) is 70.0 Å². The molecule has 0 aliphatic rings. The predicted molar refractivity (Wildman–Crippen MR) is 268 cm³/mol. The van der Waals surface area contributed by atoms with Crippen molar-refractivity contribution in [3.63, 3.8) is 0 Å². The molecule has 0 saturated carbocycles. The largest absolute Gasteiger partial charge is 0.756 e. The fourth-order valence-corrected chi connectivity index (χ4v) is 8.02. The Morgan fingerprint density at radius 3 is 1.33 bits per heavy atom. The molecule has 0 radical (unpaired) electrons. The molecular weight excluding hydrogens is 822 g/mol. The highest BCUT2D eigenvalue weighted by Gasteiger charge is 2.21. The SMILES string of the molecule is CC/C=C\C/C=C\C/C=C\C/C=C\CCCCCCCCCCCCCCCCCCCCC(=O)OC(COC(=O)CCCCCCCCCCC)COP(=O)([O-])OCC[N+](C)(C)C. The molecule has 64 heavy (non-hydrogen) atoms. The lowest BCUT2D eigenvalue weighted by Gasteiger charge is -2.28. The van der Waals surface area contributed by atoms with Crippen LogP contribution in [0.1, 0.15) is 232 Å². The van der Waals surface area contributed by atoms with Crippen LogP contribution >= 0.6 is 7.82 Å². The van der Waals surface area contributed by atoms with Crippen LogP contribution in [0.4, 0.5) is 0 Å². The zero-order valence-corrected chi connectivity index (χ0v) is 43.1. The number of hydrogen-bond donors (Lipinski definition) is 0. The van der Waals surface area contributed by atoms with Gasteiger partial charge in [-0.25, -0.2) is 0 Å². The fourth-order valence-electron chi connectivity index (χ4n) is 7.29. The first-order valence-electron chi connectivity index (χ1n) is 26.3. The number of nitrogens with zero attached hydrogens (tertiary/aromatic N) is 1. The first-order chi connectivity index (χ1) is 31.0. The van der Waals surface area contributed by atoms with Crippen LogP contribution in [0.3, 0.4) is 0 Å². The summed E-state index contributed by atoms with van der Waals surface area (Å²) in [5, 5.41) is 0. The minimum absolute atomic E-state index is 0.0292. The van der Waals surface area contributed by atoms with E-state index >= 15 is 0 Å². The summed E-state index contributed by atoms with van der Waals surface area (Å²) in [4.78, 5) is 37.6. The molecule has 0 bridgehead atoms. The minimum atomic E-state index is -4.62. The first-order valence-corrected chi connectivity index (χ1v) is 27.8. The molecule has 0 rings (SSSR count). The molecule has 0 aliphatic heterocycles. The number of esters is 2. The number of carbonyl (C=O) groups is 2. The van der Waals surface area contributed by atoms with Crippen LogP contribution in [0.2, 0.25) is 0 Å². The van der Waals surface area contributed by atoms with Crippen LogP contribution in [0.15, 0.2) is 48.6 Å². The van der Waals surface area contributed by atoms with Crippen molar-refractivity contribution in [2.45, 2.75) is 238 Å². The third-order valence-corrected chi connectivity index (χ3v) is 12.3. The number of carbonyl (C=O) groups excluding carboxylic acids is 2. The van der Waals surface area contributed by atoms with E-state index in [1.165, 1.54) is 135 Å². The van der Waals surface area contributed by atoms with Crippen molar-refractivity contribution in [1.29, 1.82) is 0 Å². The van der Waals surface area contributed by atoms with Crippen molar-refractivity contribution >= 4 is 19.8 Å². The number of quaternary nitrogens is 1. The van der Waals surface area contributed by atoms with Crippen LogP contribution in [-0.2, 0) is 32.7 Å². The quantitative estimate of drug-likeness (QED) is 0.0195. The summed E-state index contributed by atoms with van der Waals surface area (Å²) in [5.41, 5.74) is 0. The average molecular weight is 922 g/mol. The molecular formula is C54H100NO8P. The van der Waals surface area contributed by atoms with E-state index in [4.69, 9.17) is 18.5 Å². The lowest BCUT2D eigenvalue weighted by atomic mass is 10.0. The highest BCUT2D eigenvalue weighted by atomic mass is 31.2. The molecule has 374 valence electrons. The molecule has 0 amide bonds. The van der Waals surface area contributed by atoms with E-state index in [1.807, 2.05) is 21.1 Å². The molecule has 10 heteroatoms. The van der Waals surface area contributed by atoms with Crippen molar-refractivity contribution in [2.75, 3.05) is 47.5 Å². The average Bonchev–Trinajstić information content (AvgIpc) is 3.25. The van der Waals surface area contributed by atoms with E-state index in [-0.39, 0.29) is 32.0 Å². The Kier molecular flexibility index (Phi) is 44.6. The molecule has 0 saturated heterocycles. The summed E-state index contributed by atoms with van der Waals surface area (Å²) >= 11 is 0. The number of phosphoric acid groups is 1. The van der Waals surface area contributed by atoms with Crippen molar-refractivity contribution < 1.29 is 42.1 Å². The van der Waals surface area contributed by atoms with Gasteiger partial charge in [-0.1, -0.05) is 217 Å². The second kappa shape index (κ2) is 46.1. The molecule has 0 heterocycles. The zero-order valence-electron chi connectivity index (χ0n) is 42.2. The lowest BCUT2D eigenvalue weighted by Crippen LogP contribution is -2.37. The molecule has 0 spiro atoms. The Hall–Kier alpha value is -2.03. The zero-order chi connectivity index (χ0) is 47.1. The number of likely N-dealkylation sites (N-methyl/N-ethyl adjacent to an activating group) is 1. The standard InChI is InChI=1S/C54H100NO8P/c1-6-8-10-12-14-16-17-18-19-20-21-22-23-24-25-26-27-28-29-30-31-32-33-34-35-36-37-39-41-43-45-47-54(57)63-52(51-62-64(58,59)61-49-48-55(3,4)5)50-60-53(56)46-44-42-40-38-15-13-11-9-7-2/h8,10,14,16,18-19,21-22,52H,6-7,9,11-13,15,17,20,23-51H2,1-5H3/b10-8-,16-14-,19-18-,22-21-. The number of rotatable bonds is 48. The fraction of sp³-hybridized carbons (Fsp3) is 0.815. The van der Waals surface area contributed by atoms with Gasteiger partial charge >= 0.3 is 11.9 Å². The highest BCUT2D eigenvalue weighted by molar-refractivity contribution is 7.45. The summed E-state index contributed by atoms with van der Waals surface area (Å²) in [6.07, 6.45) is 56.0. The van der Waals surface area contributed by atoms with Crippen LogP contribution in [0.5, 0.6) is 0 Å². The molecule has 2 unspecified atom stereocenters. The van der Waals surface area contributed by atoms with Gasteiger partial charge in [-0.3, -0.25) is 14.2 Å². The molecule has 0 aromatic rings. The Bertz CT molecular complexity index is 1230. The van der Waals surface area contributed by atoms with Gasteiger partial charge in [0, 0.05) is 12.8 Å². The van der Waals surface area contributed by atoms with E-state index in [2.05, 4.69) is 62.5 Å². The van der Waals surface area contributed by atoms with Gasteiger partial charge in [0.1, 0.15) is 19.8 Å². The van der Waals surface area contributed by atoms with E-state index in [0.29, 0.717) is 17.4 Å². The van der Waals surface area contributed by atoms with Crippen LogP contribution in [0.25, 0.3) is 0 Å². The van der Waals surface area contributed by atoms with Crippen molar-refractivity contribution in [2.24, 2.45) is 0 Å². The normalized spacial score (nSPS) is 13.8. The van der Waals surface area contributed by atoms with Gasteiger partial charge in [0.05, 0.1) is 27.7 Å². The highest BCUT2D eigenvalue weighted by Crippen LogP contribution is 2.38. The van der Waals surface area contributed by atoms with Gasteiger partial charge < -0.3 is 27.9 Å². The van der Waals surface area contributed by atoms with Crippen LogP contribution < -0.4 is 4.89 Å². The number of hydrogen-bond acceptors (Lipinski definition) is 8. The van der Waals surface area contributed by atoms with Gasteiger partial charge in [0.25, 0.3) is 7.82 Å². The molecule has 0 N–H and O–H groups in total. The monoisotopic (exact) mass is 922 g/mol. The molecule has 9 nitrogen and oxygen atoms in total. The topological polar surface area (TPSA) is 111 Å². The first kappa shape index (κ1) is 62.0. The minimum Gasteiger partial charge on any atom is -0.756 e. The maximum Gasteiger partial charge on any atom is 0.306 e. The maximum atomic E-state index is 12.7. The van der Waals surface area contributed by atoms with Crippen molar-refractivity contribution in [3.05, 3.63) is 48.6 Å². The van der Waals surface area contributed by atoms with Gasteiger partial charge in [0.15, 0.2) is 6.10 Å². The summed E-state index contributed by atoms with van der Waals surface area (Å²) in [6, 6.07) is 0. The number of ether oxygens (including phenoxy) is 2. The van der Waals surface area contributed by atoms with E-state index in [1.54, 1.807) is 0 Å². The van der Waals surface area contributed by atoms with Crippen LogP contribution in [0, 0.1) is 0 Å². The summed E-state index contributed by atoms with van der Waals surface area (Å²) < 4.78 is 33.9. The van der Waals surface area contributed by atoms with Crippen molar-refractivity contribution in [1.82, 2.24) is 0 Å². The summed E-state index contributed by atoms with van der Waals surface area (Å²) in [7, 11) is 1.17.